The maximum absolute atomic E-state index is 12.8. The van der Waals surface area contributed by atoms with Gasteiger partial charge in [0.2, 0.25) is 0 Å². The number of para-hydroxylation sites is 1. The first kappa shape index (κ1) is 17.3. The fourth-order valence-corrected chi connectivity index (χ4v) is 3.54. The van der Waals surface area contributed by atoms with Crippen molar-refractivity contribution >= 4 is 23.4 Å². The van der Waals surface area contributed by atoms with Crippen LogP contribution in [0.25, 0.3) is 0 Å². The minimum absolute atomic E-state index is 0.0583. The molecule has 0 aliphatic carbocycles. The SMILES string of the molecule is CCSc1ccccc1C(=O)Nc1ccccc1Cc1ccccc1. The fraction of sp³-hybridized carbons (Fsp3) is 0.136. The standard InChI is InChI=1S/C22H21NOS/c1-2-25-21-15-9-7-13-19(21)22(24)23-20-14-8-6-12-18(20)16-17-10-4-3-5-11-17/h3-15H,2,16H2,1H3,(H,23,24). The van der Waals surface area contributed by atoms with Crippen molar-refractivity contribution in [2.75, 3.05) is 11.1 Å². The number of carbonyl (C=O) groups is 1. The van der Waals surface area contributed by atoms with Gasteiger partial charge < -0.3 is 5.32 Å². The van der Waals surface area contributed by atoms with E-state index in [2.05, 4.69) is 30.4 Å². The molecule has 0 bridgehead atoms. The number of nitrogens with one attached hydrogen (secondary N) is 1. The van der Waals surface area contributed by atoms with Gasteiger partial charge in [0.1, 0.15) is 0 Å². The number of rotatable bonds is 6. The Balaban J connectivity index is 1.83. The van der Waals surface area contributed by atoms with E-state index in [4.69, 9.17) is 0 Å². The third-order valence-corrected chi connectivity index (χ3v) is 4.89. The molecular weight excluding hydrogens is 326 g/mol. The third-order valence-electron chi connectivity index (χ3n) is 3.93. The minimum Gasteiger partial charge on any atom is -0.322 e. The van der Waals surface area contributed by atoms with Gasteiger partial charge in [0.25, 0.3) is 5.91 Å². The molecule has 3 aromatic rings. The summed E-state index contributed by atoms with van der Waals surface area (Å²) in [4.78, 5) is 13.8. The normalized spacial score (nSPS) is 10.4. The number of carbonyl (C=O) groups excluding carboxylic acids is 1. The summed E-state index contributed by atoms with van der Waals surface area (Å²) in [5.74, 6) is 0.881. The molecule has 2 nitrogen and oxygen atoms in total. The maximum atomic E-state index is 12.8. The lowest BCUT2D eigenvalue weighted by Gasteiger charge is -2.13. The summed E-state index contributed by atoms with van der Waals surface area (Å²) >= 11 is 1.69. The van der Waals surface area contributed by atoms with Crippen molar-refractivity contribution in [1.29, 1.82) is 0 Å². The highest BCUT2D eigenvalue weighted by molar-refractivity contribution is 7.99. The number of amides is 1. The molecule has 0 spiro atoms. The molecule has 0 aliphatic rings. The molecule has 1 amide bonds. The summed E-state index contributed by atoms with van der Waals surface area (Å²) in [6.07, 6.45) is 0.794. The Kier molecular flexibility index (Phi) is 5.91. The Labute approximate surface area is 153 Å². The topological polar surface area (TPSA) is 29.1 Å². The van der Waals surface area contributed by atoms with Crippen LogP contribution in [0.4, 0.5) is 5.69 Å². The molecule has 0 atom stereocenters. The quantitative estimate of drug-likeness (QED) is 0.585. The lowest BCUT2D eigenvalue weighted by molar-refractivity contribution is 0.102. The monoisotopic (exact) mass is 347 g/mol. The number of anilines is 1. The molecule has 0 unspecified atom stereocenters. The highest BCUT2D eigenvalue weighted by Crippen LogP contribution is 2.25. The average molecular weight is 347 g/mol. The molecule has 3 heteroatoms. The highest BCUT2D eigenvalue weighted by Gasteiger charge is 2.13. The van der Waals surface area contributed by atoms with Gasteiger partial charge in [0, 0.05) is 10.6 Å². The lowest BCUT2D eigenvalue weighted by Crippen LogP contribution is -2.14. The van der Waals surface area contributed by atoms with Crippen LogP contribution in [0.5, 0.6) is 0 Å². The Morgan fingerprint density at radius 3 is 2.36 bits per heavy atom. The van der Waals surface area contributed by atoms with E-state index in [1.807, 2.05) is 60.7 Å². The van der Waals surface area contributed by atoms with E-state index in [1.165, 1.54) is 5.56 Å². The molecule has 126 valence electrons. The Morgan fingerprint density at radius 1 is 0.880 bits per heavy atom. The van der Waals surface area contributed by atoms with E-state index >= 15 is 0 Å². The molecule has 0 aliphatic heterocycles. The molecule has 1 N–H and O–H groups in total. The fourth-order valence-electron chi connectivity index (χ4n) is 2.74. The Morgan fingerprint density at radius 2 is 1.56 bits per heavy atom. The van der Waals surface area contributed by atoms with E-state index < -0.39 is 0 Å². The number of thioether (sulfide) groups is 1. The predicted molar refractivity (Wildman–Crippen MR) is 106 cm³/mol. The Hall–Kier alpha value is -2.52. The molecule has 25 heavy (non-hydrogen) atoms. The molecule has 3 aromatic carbocycles. The van der Waals surface area contributed by atoms with E-state index in [-0.39, 0.29) is 5.91 Å². The van der Waals surface area contributed by atoms with Gasteiger partial charge in [-0.2, -0.15) is 0 Å². The molecule has 0 heterocycles. The molecular formula is C22H21NOS. The molecule has 0 saturated heterocycles. The summed E-state index contributed by atoms with van der Waals surface area (Å²) in [6, 6.07) is 26.0. The first-order chi connectivity index (χ1) is 12.3. The molecule has 0 aromatic heterocycles. The van der Waals surface area contributed by atoms with Crippen molar-refractivity contribution in [3.05, 3.63) is 95.6 Å². The zero-order chi connectivity index (χ0) is 17.5. The van der Waals surface area contributed by atoms with Gasteiger partial charge in [-0.25, -0.2) is 0 Å². The molecule has 0 saturated carbocycles. The molecule has 0 fully saturated rings. The maximum Gasteiger partial charge on any atom is 0.256 e. The number of hydrogen-bond donors (Lipinski definition) is 1. The molecule has 3 rings (SSSR count). The summed E-state index contributed by atoms with van der Waals surface area (Å²) in [5.41, 5.74) is 3.94. The summed E-state index contributed by atoms with van der Waals surface area (Å²) in [7, 11) is 0. The van der Waals surface area contributed by atoms with Crippen LogP contribution in [0.15, 0.2) is 83.8 Å². The van der Waals surface area contributed by atoms with Crippen LogP contribution in [0, 0.1) is 0 Å². The highest BCUT2D eigenvalue weighted by atomic mass is 32.2. The van der Waals surface area contributed by atoms with Crippen molar-refractivity contribution in [1.82, 2.24) is 0 Å². The second-order valence-electron chi connectivity index (χ2n) is 5.70. The second-order valence-corrected chi connectivity index (χ2v) is 7.01. The second kappa shape index (κ2) is 8.54. The van der Waals surface area contributed by atoms with Crippen molar-refractivity contribution in [3.8, 4) is 0 Å². The van der Waals surface area contributed by atoms with Gasteiger partial charge in [0.05, 0.1) is 5.56 Å². The van der Waals surface area contributed by atoms with Crippen molar-refractivity contribution < 1.29 is 4.79 Å². The van der Waals surface area contributed by atoms with Gasteiger partial charge >= 0.3 is 0 Å². The molecule has 0 radical (unpaired) electrons. The average Bonchev–Trinajstić information content (AvgIpc) is 2.65. The third kappa shape index (κ3) is 4.52. The summed E-state index contributed by atoms with van der Waals surface area (Å²) in [6.45, 7) is 2.09. The number of hydrogen-bond acceptors (Lipinski definition) is 2. The van der Waals surface area contributed by atoms with Crippen LogP contribution in [-0.2, 0) is 6.42 Å². The van der Waals surface area contributed by atoms with Crippen LogP contribution in [0.3, 0.4) is 0 Å². The zero-order valence-corrected chi connectivity index (χ0v) is 15.1. The summed E-state index contributed by atoms with van der Waals surface area (Å²) in [5, 5.41) is 3.09. The van der Waals surface area contributed by atoms with Crippen LogP contribution < -0.4 is 5.32 Å². The first-order valence-electron chi connectivity index (χ1n) is 8.43. The first-order valence-corrected chi connectivity index (χ1v) is 9.41. The Bertz CT molecular complexity index is 845. The lowest BCUT2D eigenvalue weighted by atomic mass is 10.0. The van der Waals surface area contributed by atoms with Gasteiger partial charge in [0.15, 0.2) is 0 Å². The largest absolute Gasteiger partial charge is 0.322 e. The van der Waals surface area contributed by atoms with Crippen molar-refractivity contribution in [2.24, 2.45) is 0 Å². The predicted octanol–water partition coefficient (Wildman–Crippen LogP) is 5.64. The van der Waals surface area contributed by atoms with E-state index in [0.29, 0.717) is 0 Å². The van der Waals surface area contributed by atoms with E-state index in [9.17, 15) is 4.79 Å². The van der Waals surface area contributed by atoms with Crippen LogP contribution in [-0.4, -0.2) is 11.7 Å². The zero-order valence-electron chi connectivity index (χ0n) is 14.2. The smallest absolute Gasteiger partial charge is 0.256 e. The van der Waals surface area contributed by atoms with Gasteiger partial charge in [-0.15, -0.1) is 11.8 Å². The van der Waals surface area contributed by atoms with E-state index in [1.54, 1.807) is 11.8 Å². The minimum atomic E-state index is -0.0583. The van der Waals surface area contributed by atoms with Crippen molar-refractivity contribution in [3.63, 3.8) is 0 Å². The van der Waals surface area contributed by atoms with Gasteiger partial charge in [-0.3, -0.25) is 4.79 Å². The van der Waals surface area contributed by atoms with Crippen molar-refractivity contribution in [2.45, 2.75) is 18.2 Å². The van der Waals surface area contributed by atoms with Crippen LogP contribution in [0.2, 0.25) is 0 Å². The van der Waals surface area contributed by atoms with Gasteiger partial charge in [-0.05, 0) is 41.5 Å². The summed E-state index contributed by atoms with van der Waals surface area (Å²) < 4.78 is 0. The van der Waals surface area contributed by atoms with Crippen LogP contribution in [0.1, 0.15) is 28.4 Å². The number of benzene rings is 3. The van der Waals surface area contributed by atoms with E-state index in [0.717, 1.165) is 33.9 Å². The van der Waals surface area contributed by atoms with Gasteiger partial charge in [-0.1, -0.05) is 67.6 Å². The van der Waals surface area contributed by atoms with Crippen LogP contribution >= 0.6 is 11.8 Å².